The maximum Gasteiger partial charge on any atom is 0.206 e. The summed E-state index contributed by atoms with van der Waals surface area (Å²) in [5.74, 6) is -17.2. The van der Waals surface area contributed by atoms with E-state index >= 15 is 0 Å². The van der Waals surface area contributed by atoms with Crippen LogP contribution in [0, 0.1) is 46.5 Å². The molecule has 0 radical (unpaired) electrons. The molecule has 0 aliphatic carbocycles. The van der Waals surface area contributed by atoms with Crippen molar-refractivity contribution in [2.45, 2.75) is 0 Å². The normalized spacial score (nSPS) is 11.1. The third-order valence-electron chi connectivity index (χ3n) is 3.17. The molecule has 0 saturated heterocycles. The highest BCUT2D eigenvalue weighted by atomic mass is 19.2. The number of benzene rings is 2. The van der Waals surface area contributed by atoms with E-state index in [1.54, 1.807) is 0 Å². The van der Waals surface area contributed by atoms with Gasteiger partial charge in [0, 0.05) is 0 Å². The van der Waals surface area contributed by atoms with Crippen LogP contribution in [-0.4, -0.2) is 20.4 Å². The fraction of sp³-hybridized carbons (Fsp3) is 0. The molecule has 1 heterocycles. The van der Waals surface area contributed by atoms with Gasteiger partial charge in [0.2, 0.25) is 11.6 Å². The van der Waals surface area contributed by atoms with Crippen molar-refractivity contribution in [2.24, 2.45) is 0 Å². The van der Waals surface area contributed by atoms with Crippen LogP contribution in [0.5, 0.6) is 0 Å². The Morgan fingerprint density at radius 3 is 1.04 bits per heavy atom. The van der Waals surface area contributed by atoms with E-state index in [1.807, 2.05) is 0 Å². The van der Waals surface area contributed by atoms with E-state index in [9.17, 15) is 35.1 Å². The van der Waals surface area contributed by atoms with Crippen LogP contribution in [0.2, 0.25) is 0 Å². The molecule has 0 amide bonds. The van der Waals surface area contributed by atoms with E-state index in [1.165, 1.54) is 0 Å². The van der Waals surface area contributed by atoms with Crippen LogP contribution >= 0.6 is 0 Å². The molecule has 26 heavy (non-hydrogen) atoms. The first-order valence-corrected chi connectivity index (χ1v) is 6.46. The smallest absolute Gasteiger partial charge is 0.204 e. The monoisotopic (exact) mass is 378 g/mol. The molecule has 0 N–H and O–H groups in total. The van der Waals surface area contributed by atoms with E-state index < -0.39 is 69.3 Å². The molecule has 0 atom stereocenters. The Morgan fingerprint density at radius 2 is 0.731 bits per heavy atom. The lowest BCUT2D eigenvalue weighted by molar-refractivity contribution is 0.410. The minimum atomic E-state index is -2.14. The van der Waals surface area contributed by atoms with Gasteiger partial charge in [-0.1, -0.05) is 0 Å². The zero-order valence-corrected chi connectivity index (χ0v) is 12.0. The van der Waals surface area contributed by atoms with Gasteiger partial charge in [-0.05, 0) is 12.1 Å². The first kappa shape index (κ1) is 17.6. The summed E-state index contributed by atoms with van der Waals surface area (Å²) in [4.78, 5) is 0. The highest BCUT2D eigenvalue weighted by Crippen LogP contribution is 2.27. The van der Waals surface area contributed by atoms with Crippen molar-refractivity contribution in [2.75, 3.05) is 0 Å². The number of hydrogen-bond donors (Lipinski definition) is 0. The predicted molar refractivity (Wildman–Crippen MR) is 68.2 cm³/mol. The molecule has 0 fully saturated rings. The van der Waals surface area contributed by atoms with Crippen molar-refractivity contribution in [1.29, 1.82) is 0 Å². The molecule has 0 aliphatic heterocycles. The molecule has 1 aromatic heterocycles. The fourth-order valence-corrected chi connectivity index (χ4v) is 1.92. The molecule has 0 unspecified atom stereocenters. The Bertz CT molecular complexity index is 940. The summed E-state index contributed by atoms with van der Waals surface area (Å²) < 4.78 is 106. The quantitative estimate of drug-likeness (QED) is 0.388. The Morgan fingerprint density at radius 1 is 0.423 bits per heavy atom. The van der Waals surface area contributed by atoms with Crippen LogP contribution in [-0.2, 0) is 0 Å². The summed E-state index contributed by atoms with van der Waals surface area (Å²) in [6.45, 7) is 0. The lowest BCUT2D eigenvalue weighted by atomic mass is 10.1. The van der Waals surface area contributed by atoms with E-state index in [0.29, 0.717) is 0 Å². The molecular weight excluding hydrogens is 376 g/mol. The number of nitrogens with zero attached hydrogens (tertiary/aromatic N) is 4. The van der Waals surface area contributed by atoms with E-state index in [-0.39, 0.29) is 12.1 Å². The second kappa shape index (κ2) is 6.28. The second-order valence-electron chi connectivity index (χ2n) is 4.74. The summed E-state index contributed by atoms with van der Waals surface area (Å²) >= 11 is 0. The minimum Gasteiger partial charge on any atom is -0.204 e. The molecule has 3 aromatic rings. The average molecular weight is 378 g/mol. The van der Waals surface area contributed by atoms with Crippen molar-refractivity contribution in [3.05, 3.63) is 58.7 Å². The Hall–Kier alpha value is -3.18. The van der Waals surface area contributed by atoms with Gasteiger partial charge in [0.15, 0.2) is 46.5 Å². The summed E-state index contributed by atoms with van der Waals surface area (Å²) in [5, 5.41) is 12.8. The van der Waals surface area contributed by atoms with Crippen LogP contribution in [0.15, 0.2) is 12.1 Å². The van der Waals surface area contributed by atoms with Crippen LogP contribution in [0.3, 0.4) is 0 Å². The van der Waals surface area contributed by atoms with Crippen LogP contribution in [0.25, 0.3) is 22.8 Å². The number of aromatic nitrogens is 4. The standard InChI is InChI=1S/C14H2F8N4/c15-5-1-3(7(17)11(21)9(5)19)13-23-25-14(26-24-13)4-2-6(16)10(20)12(22)8(4)18/h1-2H. The van der Waals surface area contributed by atoms with Crippen molar-refractivity contribution in [3.8, 4) is 22.8 Å². The molecule has 0 saturated carbocycles. The van der Waals surface area contributed by atoms with E-state index in [0.717, 1.165) is 0 Å². The topological polar surface area (TPSA) is 51.6 Å². The van der Waals surface area contributed by atoms with E-state index in [2.05, 4.69) is 20.4 Å². The molecule has 2 aromatic carbocycles. The molecular formula is C14H2F8N4. The van der Waals surface area contributed by atoms with Crippen LogP contribution in [0.1, 0.15) is 0 Å². The first-order chi connectivity index (χ1) is 12.2. The molecule has 0 aliphatic rings. The molecule has 12 heteroatoms. The van der Waals surface area contributed by atoms with Gasteiger partial charge in [-0.15, -0.1) is 20.4 Å². The van der Waals surface area contributed by atoms with Crippen LogP contribution in [0.4, 0.5) is 35.1 Å². The Labute approximate surface area is 138 Å². The highest BCUT2D eigenvalue weighted by molar-refractivity contribution is 5.58. The lowest BCUT2D eigenvalue weighted by Gasteiger charge is -2.06. The summed E-state index contributed by atoms with van der Waals surface area (Å²) in [6, 6.07) is 0.452. The number of hydrogen-bond acceptors (Lipinski definition) is 4. The lowest BCUT2D eigenvalue weighted by Crippen LogP contribution is -2.06. The third kappa shape index (κ3) is 2.72. The summed E-state index contributed by atoms with van der Waals surface area (Å²) in [6.07, 6.45) is 0. The average Bonchev–Trinajstić information content (AvgIpc) is 2.64. The first-order valence-electron chi connectivity index (χ1n) is 6.46. The van der Waals surface area contributed by atoms with Gasteiger partial charge in [-0.3, -0.25) is 0 Å². The molecule has 0 bridgehead atoms. The van der Waals surface area contributed by atoms with Gasteiger partial charge in [0.05, 0.1) is 11.1 Å². The largest absolute Gasteiger partial charge is 0.206 e. The van der Waals surface area contributed by atoms with Gasteiger partial charge in [-0.25, -0.2) is 35.1 Å². The number of halogens is 8. The molecule has 0 spiro atoms. The molecule has 3 rings (SSSR count). The Balaban J connectivity index is 2.09. The van der Waals surface area contributed by atoms with Gasteiger partial charge in [0.25, 0.3) is 0 Å². The minimum absolute atomic E-state index is 0.226. The SMILES string of the molecule is Fc1cc(-c2nnc(-c3cc(F)c(F)c(F)c3F)nn2)c(F)c(F)c1F. The second-order valence-corrected chi connectivity index (χ2v) is 4.74. The molecule has 134 valence electrons. The van der Waals surface area contributed by atoms with Crippen molar-refractivity contribution in [3.63, 3.8) is 0 Å². The Kier molecular flexibility index (Phi) is 4.26. The van der Waals surface area contributed by atoms with Crippen molar-refractivity contribution >= 4 is 0 Å². The highest BCUT2D eigenvalue weighted by Gasteiger charge is 2.24. The van der Waals surface area contributed by atoms with Gasteiger partial charge < -0.3 is 0 Å². The number of rotatable bonds is 2. The van der Waals surface area contributed by atoms with Gasteiger partial charge >= 0.3 is 0 Å². The fourth-order valence-electron chi connectivity index (χ4n) is 1.92. The summed E-state index contributed by atoms with van der Waals surface area (Å²) in [5.41, 5.74) is -1.91. The maximum atomic E-state index is 13.6. The zero-order chi connectivity index (χ0) is 19.2. The van der Waals surface area contributed by atoms with Gasteiger partial charge in [-0.2, -0.15) is 0 Å². The predicted octanol–water partition coefficient (Wildman–Crippen LogP) is 3.71. The molecule has 4 nitrogen and oxygen atoms in total. The third-order valence-corrected chi connectivity index (χ3v) is 3.17. The van der Waals surface area contributed by atoms with Crippen LogP contribution < -0.4 is 0 Å². The maximum absolute atomic E-state index is 13.6. The van der Waals surface area contributed by atoms with Gasteiger partial charge in [0.1, 0.15) is 0 Å². The van der Waals surface area contributed by atoms with E-state index in [4.69, 9.17) is 0 Å². The zero-order valence-electron chi connectivity index (χ0n) is 12.0. The van der Waals surface area contributed by atoms with Crippen molar-refractivity contribution < 1.29 is 35.1 Å². The van der Waals surface area contributed by atoms with Crippen molar-refractivity contribution in [1.82, 2.24) is 20.4 Å². The summed E-state index contributed by atoms with van der Waals surface area (Å²) in [7, 11) is 0.